The highest BCUT2D eigenvalue weighted by Gasteiger charge is 2.15. The summed E-state index contributed by atoms with van der Waals surface area (Å²) in [5.74, 6) is 1.12. The van der Waals surface area contributed by atoms with Gasteiger partial charge in [-0.05, 0) is 24.5 Å². The molecule has 0 aliphatic heterocycles. The average Bonchev–Trinajstić information content (AvgIpc) is 2.60. The van der Waals surface area contributed by atoms with Gasteiger partial charge < -0.3 is 10.2 Å². The van der Waals surface area contributed by atoms with E-state index in [9.17, 15) is 9.59 Å². The molecule has 5 heteroatoms. The van der Waals surface area contributed by atoms with Gasteiger partial charge in [-0.25, -0.2) is 0 Å². The second-order valence-corrected chi connectivity index (χ2v) is 7.64. The van der Waals surface area contributed by atoms with Crippen LogP contribution in [0.3, 0.4) is 0 Å². The summed E-state index contributed by atoms with van der Waals surface area (Å²) in [7, 11) is 3.49. The summed E-state index contributed by atoms with van der Waals surface area (Å²) in [6, 6.07) is 7.51. The monoisotopic (exact) mass is 348 g/mol. The summed E-state index contributed by atoms with van der Waals surface area (Å²) in [4.78, 5) is 26.6. The van der Waals surface area contributed by atoms with Crippen molar-refractivity contribution in [1.29, 1.82) is 0 Å². The van der Waals surface area contributed by atoms with Crippen molar-refractivity contribution in [2.24, 2.45) is 5.92 Å². The molecule has 1 aromatic rings. The highest BCUT2D eigenvalue weighted by Crippen LogP contribution is 2.26. The van der Waals surface area contributed by atoms with Gasteiger partial charge in [-0.1, -0.05) is 44.2 Å². The maximum atomic E-state index is 12.5. The van der Waals surface area contributed by atoms with Crippen LogP contribution >= 0.6 is 11.8 Å². The van der Waals surface area contributed by atoms with Crippen molar-refractivity contribution in [2.75, 3.05) is 26.4 Å². The van der Waals surface area contributed by atoms with E-state index >= 15 is 0 Å². The Bertz CT molecular complexity index is 554. The first kappa shape index (κ1) is 18.8. The SMILES string of the molecule is CN(C)C(=O)CSc1ccccc1C(=O)NCCC1CCCCC1. The normalized spacial score (nSPS) is 15.1. The second-order valence-electron chi connectivity index (χ2n) is 6.62. The Labute approximate surface area is 149 Å². The Morgan fingerprint density at radius 3 is 2.58 bits per heavy atom. The standard InChI is InChI=1S/C19H28N2O2S/c1-21(2)18(22)14-24-17-11-7-6-10-16(17)19(23)20-13-12-15-8-4-3-5-9-15/h6-7,10-11,15H,3-5,8-9,12-14H2,1-2H3,(H,20,23). The summed E-state index contributed by atoms with van der Waals surface area (Å²) in [6.45, 7) is 0.735. The molecule has 4 nitrogen and oxygen atoms in total. The zero-order chi connectivity index (χ0) is 17.4. The van der Waals surface area contributed by atoms with Crippen LogP contribution in [0, 0.1) is 5.92 Å². The van der Waals surface area contributed by atoms with Crippen LogP contribution in [-0.4, -0.2) is 43.1 Å². The van der Waals surface area contributed by atoms with E-state index < -0.39 is 0 Å². The fraction of sp³-hybridized carbons (Fsp3) is 0.579. The van der Waals surface area contributed by atoms with Crippen LogP contribution in [0.15, 0.2) is 29.2 Å². The average molecular weight is 349 g/mol. The van der Waals surface area contributed by atoms with Crippen molar-refractivity contribution in [3.8, 4) is 0 Å². The van der Waals surface area contributed by atoms with Crippen LogP contribution in [0.5, 0.6) is 0 Å². The van der Waals surface area contributed by atoms with Gasteiger partial charge in [0.05, 0.1) is 11.3 Å². The Balaban J connectivity index is 1.85. The van der Waals surface area contributed by atoms with Crippen LogP contribution in [0.4, 0.5) is 0 Å². The molecule has 1 saturated carbocycles. The van der Waals surface area contributed by atoms with Crippen LogP contribution in [0.2, 0.25) is 0 Å². The fourth-order valence-electron chi connectivity index (χ4n) is 3.01. The number of carbonyl (C=O) groups is 2. The minimum absolute atomic E-state index is 0.0359. The van der Waals surface area contributed by atoms with Crippen molar-refractivity contribution in [1.82, 2.24) is 10.2 Å². The Morgan fingerprint density at radius 1 is 1.17 bits per heavy atom. The lowest BCUT2D eigenvalue weighted by atomic mass is 9.87. The summed E-state index contributed by atoms with van der Waals surface area (Å²) in [5.41, 5.74) is 0.665. The second kappa shape index (κ2) is 9.72. The zero-order valence-electron chi connectivity index (χ0n) is 14.7. The number of thioether (sulfide) groups is 1. The molecule has 0 aromatic heterocycles. The van der Waals surface area contributed by atoms with E-state index in [2.05, 4.69) is 5.32 Å². The fourth-order valence-corrected chi connectivity index (χ4v) is 4.04. The van der Waals surface area contributed by atoms with Gasteiger partial charge >= 0.3 is 0 Å². The lowest BCUT2D eigenvalue weighted by Gasteiger charge is -2.21. The lowest BCUT2D eigenvalue weighted by molar-refractivity contribution is -0.125. The Hall–Kier alpha value is -1.49. The molecule has 1 aliphatic rings. The number of rotatable bonds is 7. The molecule has 2 rings (SSSR count). The molecular formula is C19H28N2O2S. The van der Waals surface area contributed by atoms with Crippen molar-refractivity contribution >= 4 is 23.6 Å². The van der Waals surface area contributed by atoms with Gasteiger partial charge in [0, 0.05) is 25.5 Å². The van der Waals surface area contributed by atoms with E-state index in [0.717, 1.165) is 23.8 Å². The van der Waals surface area contributed by atoms with Crippen LogP contribution < -0.4 is 5.32 Å². The lowest BCUT2D eigenvalue weighted by Crippen LogP contribution is -2.27. The summed E-state index contributed by atoms with van der Waals surface area (Å²) in [5, 5.41) is 3.05. The van der Waals surface area contributed by atoms with E-state index in [0.29, 0.717) is 11.3 Å². The summed E-state index contributed by atoms with van der Waals surface area (Å²) >= 11 is 1.42. The predicted molar refractivity (Wildman–Crippen MR) is 99.4 cm³/mol. The first-order chi connectivity index (χ1) is 11.6. The first-order valence-electron chi connectivity index (χ1n) is 8.78. The van der Waals surface area contributed by atoms with Gasteiger partial charge in [-0.15, -0.1) is 11.8 Å². The van der Waals surface area contributed by atoms with Crippen LogP contribution in [-0.2, 0) is 4.79 Å². The van der Waals surface area contributed by atoms with Crippen LogP contribution in [0.1, 0.15) is 48.9 Å². The third kappa shape index (κ3) is 5.86. The van der Waals surface area contributed by atoms with Gasteiger partial charge in [-0.2, -0.15) is 0 Å². The van der Waals surface area contributed by atoms with Crippen molar-refractivity contribution in [3.05, 3.63) is 29.8 Å². The van der Waals surface area contributed by atoms with E-state index in [1.54, 1.807) is 19.0 Å². The number of hydrogen-bond acceptors (Lipinski definition) is 3. The van der Waals surface area contributed by atoms with E-state index in [4.69, 9.17) is 0 Å². The molecule has 1 aliphatic carbocycles. The highest BCUT2D eigenvalue weighted by atomic mass is 32.2. The van der Waals surface area contributed by atoms with Crippen molar-refractivity contribution in [2.45, 2.75) is 43.4 Å². The van der Waals surface area contributed by atoms with E-state index in [1.807, 2.05) is 24.3 Å². The molecule has 1 aromatic carbocycles. The van der Waals surface area contributed by atoms with Gasteiger partial charge in [0.25, 0.3) is 5.91 Å². The maximum Gasteiger partial charge on any atom is 0.252 e. The molecule has 1 fully saturated rings. The molecule has 0 saturated heterocycles. The highest BCUT2D eigenvalue weighted by molar-refractivity contribution is 8.00. The molecule has 0 unspecified atom stereocenters. The number of nitrogens with zero attached hydrogens (tertiary/aromatic N) is 1. The number of hydrogen-bond donors (Lipinski definition) is 1. The third-order valence-corrected chi connectivity index (χ3v) is 5.60. The predicted octanol–water partition coefficient (Wildman–Crippen LogP) is 3.57. The molecule has 24 heavy (non-hydrogen) atoms. The number of amides is 2. The van der Waals surface area contributed by atoms with Crippen LogP contribution in [0.25, 0.3) is 0 Å². The number of nitrogens with one attached hydrogen (secondary N) is 1. The Morgan fingerprint density at radius 2 is 1.88 bits per heavy atom. The van der Waals surface area contributed by atoms with Gasteiger partial charge in [0.15, 0.2) is 0 Å². The van der Waals surface area contributed by atoms with Gasteiger partial charge in [0.1, 0.15) is 0 Å². The smallest absolute Gasteiger partial charge is 0.252 e. The maximum absolute atomic E-state index is 12.5. The third-order valence-electron chi connectivity index (χ3n) is 4.54. The molecule has 0 atom stereocenters. The van der Waals surface area contributed by atoms with E-state index in [-0.39, 0.29) is 11.8 Å². The molecule has 1 N–H and O–H groups in total. The molecule has 0 radical (unpaired) electrons. The molecule has 0 bridgehead atoms. The zero-order valence-corrected chi connectivity index (χ0v) is 15.5. The minimum atomic E-state index is -0.0359. The minimum Gasteiger partial charge on any atom is -0.352 e. The molecule has 0 spiro atoms. The molecule has 132 valence electrons. The van der Waals surface area contributed by atoms with Gasteiger partial charge in [0.2, 0.25) is 5.91 Å². The quantitative estimate of drug-likeness (QED) is 0.767. The van der Waals surface area contributed by atoms with Gasteiger partial charge in [-0.3, -0.25) is 9.59 Å². The number of benzene rings is 1. The largest absolute Gasteiger partial charge is 0.352 e. The first-order valence-corrected chi connectivity index (χ1v) is 9.76. The van der Waals surface area contributed by atoms with Crippen molar-refractivity contribution in [3.63, 3.8) is 0 Å². The molecule has 2 amide bonds. The van der Waals surface area contributed by atoms with Crippen molar-refractivity contribution < 1.29 is 9.59 Å². The summed E-state index contributed by atoms with van der Waals surface area (Å²) < 4.78 is 0. The Kier molecular flexibility index (Phi) is 7.63. The van der Waals surface area contributed by atoms with E-state index in [1.165, 1.54) is 43.9 Å². The topological polar surface area (TPSA) is 49.4 Å². The summed E-state index contributed by atoms with van der Waals surface area (Å²) in [6.07, 6.45) is 7.69. The molecule has 0 heterocycles. The number of carbonyl (C=O) groups excluding carboxylic acids is 2. The molecular weight excluding hydrogens is 320 g/mol.